The van der Waals surface area contributed by atoms with Gasteiger partial charge in [-0.2, -0.15) is 0 Å². The fraction of sp³-hybridized carbons (Fsp3) is 0.250. The molecule has 120 valence electrons. The summed E-state index contributed by atoms with van der Waals surface area (Å²) in [5, 5.41) is 0. The van der Waals surface area contributed by atoms with Crippen molar-refractivity contribution in [2.24, 2.45) is 0 Å². The second kappa shape index (κ2) is 6.49. The number of likely N-dealkylation sites (tertiary alicyclic amines) is 1. The first-order valence-corrected chi connectivity index (χ1v) is 8.42. The molecule has 1 fully saturated rings. The Balaban J connectivity index is 2.03. The molecule has 4 heterocycles. The second-order valence-corrected chi connectivity index (χ2v) is 6.05. The second-order valence-electron chi connectivity index (χ2n) is 6.05. The Kier molecular flexibility index (Phi) is 4.05. The topological polar surface area (TPSA) is 41.9 Å². The predicted molar refractivity (Wildman–Crippen MR) is 93.4 cm³/mol. The van der Waals surface area contributed by atoms with Gasteiger partial charge in [-0.25, -0.2) is 0 Å². The van der Waals surface area contributed by atoms with E-state index in [0.717, 1.165) is 30.2 Å². The molecule has 4 heteroatoms. The minimum Gasteiger partial charge on any atom is -0.282 e. The van der Waals surface area contributed by atoms with Crippen LogP contribution in [0.4, 0.5) is 0 Å². The van der Waals surface area contributed by atoms with E-state index in [4.69, 9.17) is 15.0 Å². The summed E-state index contributed by atoms with van der Waals surface area (Å²) in [6, 6.07) is 18.2. The molecule has 0 bridgehead atoms. The number of pyridine rings is 3. The molecule has 0 unspecified atom stereocenters. The molecular formula is C20H20N4. The van der Waals surface area contributed by atoms with Crippen LogP contribution in [0.3, 0.4) is 0 Å². The first-order valence-electron chi connectivity index (χ1n) is 8.42. The highest BCUT2D eigenvalue weighted by molar-refractivity contribution is 5.41. The first-order chi connectivity index (χ1) is 11.9. The van der Waals surface area contributed by atoms with Gasteiger partial charge in [-0.1, -0.05) is 18.2 Å². The first kappa shape index (κ1) is 15.0. The number of aromatic nitrogens is 3. The van der Waals surface area contributed by atoms with Crippen molar-refractivity contribution in [3.05, 3.63) is 90.3 Å². The molecule has 0 atom stereocenters. The Morgan fingerprint density at radius 2 is 1.04 bits per heavy atom. The number of hydrogen-bond donors (Lipinski definition) is 0. The number of nitrogens with zero attached hydrogens (tertiary/aromatic N) is 4. The van der Waals surface area contributed by atoms with Gasteiger partial charge in [0.2, 0.25) is 0 Å². The van der Waals surface area contributed by atoms with Crippen molar-refractivity contribution in [3.8, 4) is 0 Å². The van der Waals surface area contributed by atoms with Crippen LogP contribution in [0, 0.1) is 0 Å². The van der Waals surface area contributed by atoms with Crippen molar-refractivity contribution in [1.82, 2.24) is 19.9 Å². The zero-order valence-corrected chi connectivity index (χ0v) is 13.5. The van der Waals surface area contributed by atoms with Gasteiger partial charge in [0.25, 0.3) is 0 Å². The molecule has 3 aromatic rings. The summed E-state index contributed by atoms with van der Waals surface area (Å²) in [6.45, 7) is 2.04. The third-order valence-electron chi connectivity index (χ3n) is 4.69. The van der Waals surface area contributed by atoms with E-state index in [2.05, 4.69) is 23.1 Å². The Morgan fingerprint density at radius 3 is 1.38 bits per heavy atom. The van der Waals surface area contributed by atoms with Crippen molar-refractivity contribution < 1.29 is 0 Å². The Hall–Kier alpha value is -2.59. The van der Waals surface area contributed by atoms with Crippen molar-refractivity contribution in [2.75, 3.05) is 13.1 Å². The monoisotopic (exact) mass is 316 g/mol. The van der Waals surface area contributed by atoms with E-state index in [1.165, 1.54) is 12.8 Å². The highest BCUT2D eigenvalue weighted by Gasteiger charge is 2.46. The van der Waals surface area contributed by atoms with E-state index in [0.29, 0.717) is 0 Å². The lowest BCUT2D eigenvalue weighted by Crippen LogP contribution is -2.48. The average molecular weight is 316 g/mol. The fourth-order valence-corrected chi connectivity index (χ4v) is 3.66. The summed E-state index contributed by atoms with van der Waals surface area (Å²) in [5.74, 6) is 0. The van der Waals surface area contributed by atoms with Gasteiger partial charge in [0.15, 0.2) is 0 Å². The van der Waals surface area contributed by atoms with E-state index in [-0.39, 0.29) is 0 Å². The quantitative estimate of drug-likeness (QED) is 0.741. The van der Waals surface area contributed by atoms with Crippen LogP contribution >= 0.6 is 0 Å². The molecule has 0 saturated carbocycles. The minimum atomic E-state index is -0.541. The molecule has 4 nitrogen and oxygen atoms in total. The molecule has 24 heavy (non-hydrogen) atoms. The molecule has 0 radical (unpaired) electrons. The van der Waals surface area contributed by atoms with E-state index in [1.54, 1.807) is 0 Å². The third kappa shape index (κ3) is 2.39. The van der Waals surface area contributed by atoms with Crippen molar-refractivity contribution in [1.29, 1.82) is 0 Å². The summed E-state index contributed by atoms with van der Waals surface area (Å²) < 4.78 is 0. The molecular weight excluding hydrogens is 296 g/mol. The minimum absolute atomic E-state index is 0.541. The summed E-state index contributed by atoms with van der Waals surface area (Å²) in [6.07, 6.45) is 7.94. The Morgan fingerprint density at radius 1 is 0.625 bits per heavy atom. The van der Waals surface area contributed by atoms with Crippen LogP contribution in [-0.2, 0) is 5.54 Å². The summed E-state index contributed by atoms with van der Waals surface area (Å²) >= 11 is 0. The zero-order chi connectivity index (χ0) is 16.2. The predicted octanol–water partition coefficient (Wildman–Crippen LogP) is 3.26. The highest BCUT2D eigenvalue weighted by atomic mass is 15.2. The van der Waals surface area contributed by atoms with Gasteiger partial charge in [0.1, 0.15) is 5.54 Å². The summed E-state index contributed by atoms with van der Waals surface area (Å²) in [5.41, 5.74) is 2.39. The van der Waals surface area contributed by atoms with Crippen LogP contribution in [0.5, 0.6) is 0 Å². The maximum absolute atomic E-state index is 4.73. The van der Waals surface area contributed by atoms with Crippen molar-refractivity contribution in [3.63, 3.8) is 0 Å². The summed E-state index contributed by atoms with van der Waals surface area (Å²) in [7, 11) is 0. The van der Waals surface area contributed by atoms with Gasteiger partial charge < -0.3 is 0 Å². The molecule has 4 rings (SSSR count). The lowest BCUT2D eigenvalue weighted by atomic mass is 9.84. The SMILES string of the molecule is c1ccc(C(c2ccccn2)(c2ccccn2)N2CCCC2)nc1. The van der Waals surface area contributed by atoms with Gasteiger partial charge in [0, 0.05) is 18.6 Å². The molecule has 3 aromatic heterocycles. The third-order valence-corrected chi connectivity index (χ3v) is 4.69. The summed E-state index contributed by atoms with van der Waals surface area (Å²) in [4.78, 5) is 16.7. The standard InChI is InChI=1S/C20H20N4/c1-4-12-21-17(9-1)20(24-15-7-8-16-24,18-10-2-5-13-22-18)19-11-3-6-14-23-19/h1-6,9-14H,7-8,15-16H2. The van der Waals surface area contributed by atoms with Gasteiger partial charge in [-0.05, 0) is 62.3 Å². The zero-order valence-electron chi connectivity index (χ0n) is 13.5. The van der Waals surface area contributed by atoms with Crippen LogP contribution in [-0.4, -0.2) is 32.9 Å². The van der Waals surface area contributed by atoms with Crippen LogP contribution in [0.25, 0.3) is 0 Å². The molecule has 1 saturated heterocycles. The number of rotatable bonds is 4. The molecule has 1 aliphatic rings. The normalized spacial score (nSPS) is 15.5. The molecule has 0 amide bonds. The van der Waals surface area contributed by atoms with E-state index >= 15 is 0 Å². The Bertz CT molecular complexity index is 672. The molecule has 0 aromatic carbocycles. The van der Waals surface area contributed by atoms with Crippen LogP contribution in [0.15, 0.2) is 73.2 Å². The van der Waals surface area contributed by atoms with Crippen molar-refractivity contribution in [2.45, 2.75) is 18.4 Å². The molecule has 0 N–H and O–H groups in total. The van der Waals surface area contributed by atoms with Crippen LogP contribution in [0.1, 0.15) is 29.9 Å². The smallest absolute Gasteiger partial charge is 0.149 e. The van der Waals surface area contributed by atoms with E-state index < -0.39 is 5.54 Å². The van der Waals surface area contributed by atoms with Gasteiger partial charge in [-0.3, -0.25) is 19.9 Å². The Labute approximate surface area is 142 Å². The number of hydrogen-bond acceptors (Lipinski definition) is 4. The van der Waals surface area contributed by atoms with Gasteiger partial charge in [0.05, 0.1) is 17.1 Å². The van der Waals surface area contributed by atoms with E-state index in [9.17, 15) is 0 Å². The highest BCUT2D eigenvalue weighted by Crippen LogP contribution is 2.41. The molecule has 0 spiro atoms. The lowest BCUT2D eigenvalue weighted by Gasteiger charge is -2.40. The van der Waals surface area contributed by atoms with Gasteiger partial charge in [-0.15, -0.1) is 0 Å². The largest absolute Gasteiger partial charge is 0.282 e. The van der Waals surface area contributed by atoms with Gasteiger partial charge >= 0.3 is 0 Å². The maximum atomic E-state index is 4.73. The molecule has 1 aliphatic heterocycles. The maximum Gasteiger partial charge on any atom is 0.149 e. The fourth-order valence-electron chi connectivity index (χ4n) is 3.66. The lowest BCUT2D eigenvalue weighted by molar-refractivity contribution is 0.184. The van der Waals surface area contributed by atoms with Crippen LogP contribution < -0.4 is 0 Å². The average Bonchev–Trinajstić information content (AvgIpc) is 3.20. The van der Waals surface area contributed by atoms with Crippen molar-refractivity contribution >= 4 is 0 Å². The van der Waals surface area contributed by atoms with Crippen LogP contribution in [0.2, 0.25) is 0 Å². The molecule has 0 aliphatic carbocycles. The van der Waals surface area contributed by atoms with E-state index in [1.807, 2.05) is 55.0 Å².